The Morgan fingerprint density at radius 1 is 0.929 bits per heavy atom. The number of methoxy groups -OCH3 is 1. The fraction of sp³-hybridized carbons (Fsp3) is 1.00. The lowest BCUT2D eigenvalue weighted by molar-refractivity contribution is -0.0677. The summed E-state index contributed by atoms with van der Waals surface area (Å²) in [6.45, 7) is 6.81. The maximum atomic E-state index is 8.72. The van der Waals surface area contributed by atoms with E-state index in [0.29, 0.717) is 13.2 Å². The van der Waals surface area contributed by atoms with Gasteiger partial charge in [0.05, 0.1) is 38.1 Å². The molecule has 0 aliphatic rings. The summed E-state index contributed by atoms with van der Waals surface area (Å²) in [6, 6.07) is 0. The van der Waals surface area contributed by atoms with Crippen LogP contribution in [0.3, 0.4) is 0 Å². The molecule has 86 valence electrons. The molecule has 0 aliphatic heterocycles. The van der Waals surface area contributed by atoms with Crippen molar-refractivity contribution in [3.63, 3.8) is 0 Å². The van der Waals surface area contributed by atoms with E-state index in [-0.39, 0.29) is 24.9 Å². The summed E-state index contributed by atoms with van der Waals surface area (Å²) in [5.74, 6) is 0. The highest BCUT2D eigenvalue weighted by atomic mass is 16.6. The summed E-state index contributed by atoms with van der Waals surface area (Å²) in [6.07, 6.45) is 0.00946. The van der Waals surface area contributed by atoms with Crippen molar-refractivity contribution >= 4 is 0 Å². The molecule has 3 atom stereocenters. The Balaban J connectivity index is 3.40. The van der Waals surface area contributed by atoms with Crippen LogP contribution in [0, 0.1) is 0 Å². The minimum atomic E-state index is -0.124. The van der Waals surface area contributed by atoms with Crippen molar-refractivity contribution in [2.75, 3.05) is 26.9 Å². The Labute approximate surface area is 86.2 Å². The molecule has 0 saturated carbocycles. The number of ether oxygens (including phenoxy) is 3. The molecular formula is C10H22O4. The second-order valence-corrected chi connectivity index (χ2v) is 3.52. The summed E-state index contributed by atoms with van der Waals surface area (Å²) >= 11 is 0. The molecule has 0 aromatic rings. The van der Waals surface area contributed by atoms with Crippen LogP contribution in [0.4, 0.5) is 0 Å². The molecular weight excluding hydrogens is 184 g/mol. The molecule has 0 aromatic carbocycles. The Kier molecular flexibility index (Phi) is 8.08. The summed E-state index contributed by atoms with van der Waals surface area (Å²) in [7, 11) is 1.66. The maximum absolute atomic E-state index is 8.72. The van der Waals surface area contributed by atoms with Gasteiger partial charge in [0.2, 0.25) is 0 Å². The standard InChI is InChI=1S/C10H22O4/c1-8(5-11)13-7-10(3)14-6-9(2)12-4/h8-11H,5-7H2,1-4H3/t8-,9+,10+/m1/s1. The van der Waals surface area contributed by atoms with Gasteiger partial charge in [-0.1, -0.05) is 0 Å². The van der Waals surface area contributed by atoms with E-state index in [2.05, 4.69) is 0 Å². The van der Waals surface area contributed by atoms with E-state index >= 15 is 0 Å². The Morgan fingerprint density at radius 2 is 1.43 bits per heavy atom. The van der Waals surface area contributed by atoms with E-state index in [1.54, 1.807) is 7.11 Å². The molecule has 4 nitrogen and oxygen atoms in total. The normalized spacial score (nSPS) is 17.8. The van der Waals surface area contributed by atoms with E-state index in [9.17, 15) is 0 Å². The highest BCUT2D eigenvalue weighted by Gasteiger charge is 2.07. The number of hydrogen-bond donors (Lipinski definition) is 1. The van der Waals surface area contributed by atoms with Crippen LogP contribution in [-0.2, 0) is 14.2 Å². The van der Waals surface area contributed by atoms with Crippen LogP contribution in [0.2, 0.25) is 0 Å². The first-order chi connectivity index (χ1) is 6.60. The lowest BCUT2D eigenvalue weighted by Gasteiger charge is -2.18. The van der Waals surface area contributed by atoms with Crippen LogP contribution in [-0.4, -0.2) is 50.3 Å². The molecule has 14 heavy (non-hydrogen) atoms. The average molecular weight is 206 g/mol. The third kappa shape index (κ3) is 7.26. The summed E-state index contributed by atoms with van der Waals surface area (Å²) < 4.78 is 15.8. The van der Waals surface area contributed by atoms with Crippen molar-refractivity contribution in [3.05, 3.63) is 0 Å². The Morgan fingerprint density at radius 3 is 1.93 bits per heavy atom. The molecule has 0 aromatic heterocycles. The van der Waals surface area contributed by atoms with Gasteiger partial charge in [-0.05, 0) is 20.8 Å². The molecule has 0 spiro atoms. The van der Waals surface area contributed by atoms with Gasteiger partial charge in [-0.15, -0.1) is 0 Å². The third-order valence-corrected chi connectivity index (χ3v) is 1.89. The van der Waals surface area contributed by atoms with Crippen LogP contribution in [0.15, 0.2) is 0 Å². The molecule has 0 radical (unpaired) electrons. The van der Waals surface area contributed by atoms with Gasteiger partial charge in [0.1, 0.15) is 0 Å². The lowest BCUT2D eigenvalue weighted by atomic mass is 10.4. The predicted molar refractivity (Wildman–Crippen MR) is 54.4 cm³/mol. The fourth-order valence-corrected chi connectivity index (χ4v) is 0.768. The number of hydrogen-bond acceptors (Lipinski definition) is 4. The maximum Gasteiger partial charge on any atom is 0.0781 e. The smallest absolute Gasteiger partial charge is 0.0781 e. The highest BCUT2D eigenvalue weighted by molar-refractivity contribution is 4.53. The molecule has 0 bridgehead atoms. The topological polar surface area (TPSA) is 47.9 Å². The molecule has 0 heterocycles. The largest absolute Gasteiger partial charge is 0.394 e. The average Bonchev–Trinajstić information content (AvgIpc) is 2.22. The quantitative estimate of drug-likeness (QED) is 0.639. The molecule has 0 rings (SSSR count). The molecule has 4 heteroatoms. The molecule has 0 aliphatic carbocycles. The van der Waals surface area contributed by atoms with E-state index in [1.807, 2.05) is 20.8 Å². The number of aliphatic hydroxyl groups is 1. The second kappa shape index (κ2) is 8.17. The Bertz CT molecular complexity index is 115. The van der Waals surface area contributed by atoms with Gasteiger partial charge in [0.25, 0.3) is 0 Å². The van der Waals surface area contributed by atoms with E-state index in [0.717, 1.165) is 0 Å². The van der Waals surface area contributed by atoms with Gasteiger partial charge < -0.3 is 19.3 Å². The fourth-order valence-electron chi connectivity index (χ4n) is 0.768. The van der Waals surface area contributed by atoms with E-state index in [1.165, 1.54) is 0 Å². The minimum absolute atomic E-state index is 0.0293. The lowest BCUT2D eigenvalue weighted by Crippen LogP contribution is -2.25. The first kappa shape index (κ1) is 13.8. The van der Waals surface area contributed by atoms with Crippen LogP contribution >= 0.6 is 0 Å². The van der Waals surface area contributed by atoms with Crippen molar-refractivity contribution in [2.24, 2.45) is 0 Å². The number of rotatable bonds is 8. The van der Waals surface area contributed by atoms with Gasteiger partial charge in [0, 0.05) is 7.11 Å². The molecule has 0 saturated heterocycles. The second-order valence-electron chi connectivity index (χ2n) is 3.52. The van der Waals surface area contributed by atoms with E-state index in [4.69, 9.17) is 19.3 Å². The van der Waals surface area contributed by atoms with Gasteiger partial charge >= 0.3 is 0 Å². The first-order valence-corrected chi connectivity index (χ1v) is 4.97. The Hall–Kier alpha value is -0.160. The number of aliphatic hydroxyl groups excluding tert-OH is 1. The zero-order chi connectivity index (χ0) is 11.0. The van der Waals surface area contributed by atoms with Crippen LogP contribution in [0.25, 0.3) is 0 Å². The third-order valence-electron chi connectivity index (χ3n) is 1.89. The predicted octanol–water partition coefficient (Wildman–Crippen LogP) is 0.824. The van der Waals surface area contributed by atoms with Crippen molar-refractivity contribution < 1.29 is 19.3 Å². The highest BCUT2D eigenvalue weighted by Crippen LogP contribution is 1.98. The van der Waals surface area contributed by atoms with Crippen molar-refractivity contribution in [2.45, 2.75) is 39.1 Å². The molecule has 1 N–H and O–H groups in total. The molecule has 0 amide bonds. The van der Waals surface area contributed by atoms with Gasteiger partial charge in [-0.2, -0.15) is 0 Å². The summed E-state index contributed by atoms with van der Waals surface area (Å²) in [5, 5.41) is 8.72. The van der Waals surface area contributed by atoms with Crippen LogP contribution < -0.4 is 0 Å². The summed E-state index contributed by atoms with van der Waals surface area (Å²) in [4.78, 5) is 0. The minimum Gasteiger partial charge on any atom is -0.394 e. The van der Waals surface area contributed by atoms with Gasteiger partial charge in [0.15, 0.2) is 0 Å². The summed E-state index contributed by atoms with van der Waals surface area (Å²) in [5.41, 5.74) is 0. The molecule has 0 fully saturated rings. The monoisotopic (exact) mass is 206 g/mol. The van der Waals surface area contributed by atoms with Crippen molar-refractivity contribution in [1.82, 2.24) is 0 Å². The SMILES string of the molecule is CO[C@@H](C)CO[C@@H](C)CO[C@H](C)CO. The van der Waals surface area contributed by atoms with Crippen molar-refractivity contribution in [3.8, 4) is 0 Å². The molecule has 0 unspecified atom stereocenters. The van der Waals surface area contributed by atoms with Gasteiger partial charge in [-0.3, -0.25) is 0 Å². The first-order valence-electron chi connectivity index (χ1n) is 4.97. The zero-order valence-electron chi connectivity index (χ0n) is 9.53. The zero-order valence-corrected chi connectivity index (χ0v) is 9.53. The van der Waals surface area contributed by atoms with E-state index < -0.39 is 0 Å². The van der Waals surface area contributed by atoms with Gasteiger partial charge in [-0.25, -0.2) is 0 Å². The van der Waals surface area contributed by atoms with Crippen LogP contribution in [0.1, 0.15) is 20.8 Å². The van der Waals surface area contributed by atoms with Crippen LogP contribution in [0.5, 0.6) is 0 Å². The van der Waals surface area contributed by atoms with Crippen molar-refractivity contribution in [1.29, 1.82) is 0 Å².